The van der Waals surface area contributed by atoms with Crippen LogP contribution in [0, 0.1) is 5.82 Å². The predicted octanol–water partition coefficient (Wildman–Crippen LogP) is 3.71. The van der Waals surface area contributed by atoms with Crippen LogP contribution in [0.4, 0.5) is 4.39 Å². The minimum Gasteiger partial charge on any atom is -0.450 e. The summed E-state index contributed by atoms with van der Waals surface area (Å²) in [6, 6.07) is 6.21. The summed E-state index contributed by atoms with van der Waals surface area (Å²) < 4.78 is 19.5. The molecule has 0 unspecified atom stereocenters. The van der Waals surface area contributed by atoms with Crippen molar-refractivity contribution in [2.24, 2.45) is 0 Å². The summed E-state index contributed by atoms with van der Waals surface area (Å²) in [5, 5.41) is 0.416. The number of halogens is 1. The lowest BCUT2D eigenvalue weighted by Gasteiger charge is -2.20. The van der Waals surface area contributed by atoms with Gasteiger partial charge in [0.05, 0.1) is 0 Å². The molecule has 0 radical (unpaired) electrons. The van der Waals surface area contributed by atoms with E-state index in [1.54, 1.807) is 12.1 Å². The first-order chi connectivity index (χ1) is 9.65. The third-order valence-electron chi connectivity index (χ3n) is 3.46. The number of rotatable bonds is 2. The topological polar surface area (TPSA) is 43.4 Å². The Morgan fingerprint density at radius 3 is 2.95 bits per heavy atom. The van der Waals surface area contributed by atoms with Crippen LogP contribution in [-0.4, -0.2) is 17.9 Å². The second kappa shape index (κ2) is 5.32. The van der Waals surface area contributed by atoms with Crippen molar-refractivity contribution >= 4 is 33.2 Å². The Balaban J connectivity index is 1.82. The van der Waals surface area contributed by atoms with Gasteiger partial charge in [-0.25, -0.2) is 9.18 Å². The van der Waals surface area contributed by atoms with Crippen LogP contribution in [0.15, 0.2) is 24.3 Å². The number of carbonyl (C=O) groups is 2. The van der Waals surface area contributed by atoms with Gasteiger partial charge in [0.1, 0.15) is 10.7 Å². The number of hydrogen-bond donors (Lipinski definition) is 0. The molecule has 20 heavy (non-hydrogen) atoms. The highest BCUT2D eigenvalue weighted by atomic mass is 32.1. The van der Waals surface area contributed by atoms with Gasteiger partial charge in [0.25, 0.3) is 0 Å². The van der Waals surface area contributed by atoms with E-state index in [4.69, 9.17) is 4.74 Å². The SMILES string of the molecule is O=C(O[C@H]1CCCCC1=O)c1cc2c(F)cccc2s1. The highest BCUT2D eigenvalue weighted by molar-refractivity contribution is 7.20. The molecule has 1 aromatic heterocycles. The van der Waals surface area contributed by atoms with Crippen molar-refractivity contribution in [2.75, 3.05) is 0 Å². The molecule has 1 saturated carbocycles. The van der Waals surface area contributed by atoms with E-state index < -0.39 is 12.1 Å². The van der Waals surface area contributed by atoms with Crippen molar-refractivity contribution in [3.63, 3.8) is 0 Å². The Morgan fingerprint density at radius 2 is 2.20 bits per heavy atom. The van der Waals surface area contributed by atoms with Crippen molar-refractivity contribution in [2.45, 2.75) is 31.8 Å². The van der Waals surface area contributed by atoms with E-state index in [-0.39, 0.29) is 11.6 Å². The second-order valence-corrected chi connectivity index (χ2v) is 5.95. The highest BCUT2D eigenvalue weighted by Crippen LogP contribution is 2.29. The number of benzene rings is 1. The monoisotopic (exact) mass is 292 g/mol. The maximum atomic E-state index is 13.6. The Bertz CT molecular complexity index is 677. The molecule has 2 aromatic rings. The van der Waals surface area contributed by atoms with Gasteiger partial charge in [-0.15, -0.1) is 11.3 Å². The number of thiophene rings is 1. The van der Waals surface area contributed by atoms with Gasteiger partial charge in [-0.3, -0.25) is 4.79 Å². The van der Waals surface area contributed by atoms with Crippen LogP contribution in [0.3, 0.4) is 0 Å². The van der Waals surface area contributed by atoms with Crippen LogP contribution in [0.5, 0.6) is 0 Å². The van der Waals surface area contributed by atoms with Gasteiger partial charge in [-0.05, 0) is 37.5 Å². The van der Waals surface area contributed by atoms with E-state index >= 15 is 0 Å². The fraction of sp³-hybridized carbons (Fsp3) is 0.333. The van der Waals surface area contributed by atoms with Crippen LogP contribution in [-0.2, 0) is 9.53 Å². The maximum absolute atomic E-state index is 13.6. The number of Topliss-reactive ketones (excluding diaryl/α,β-unsaturated/α-hetero) is 1. The molecule has 0 amide bonds. The molecule has 0 spiro atoms. The molecule has 1 aromatic carbocycles. The van der Waals surface area contributed by atoms with Gasteiger partial charge in [0.2, 0.25) is 0 Å². The molecule has 1 aliphatic rings. The fourth-order valence-electron chi connectivity index (χ4n) is 2.39. The number of ketones is 1. The van der Waals surface area contributed by atoms with Gasteiger partial charge < -0.3 is 4.74 Å². The summed E-state index contributed by atoms with van der Waals surface area (Å²) in [4.78, 5) is 24.0. The van der Waals surface area contributed by atoms with Crippen molar-refractivity contribution in [3.8, 4) is 0 Å². The summed E-state index contributed by atoms with van der Waals surface area (Å²) in [6.07, 6.45) is 2.18. The van der Waals surface area contributed by atoms with Gasteiger partial charge in [-0.1, -0.05) is 6.07 Å². The molecule has 0 bridgehead atoms. The number of hydrogen-bond acceptors (Lipinski definition) is 4. The minimum atomic E-state index is -0.633. The second-order valence-electron chi connectivity index (χ2n) is 4.87. The van der Waals surface area contributed by atoms with E-state index in [1.165, 1.54) is 23.5 Å². The molecule has 1 aliphatic carbocycles. The third-order valence-corrected chi connectivity index (χ3v) is 4.54. The predicted molar refractivity (Wildman–Crippen MR) is 74.5 cm³/mol. The molecule has 104 valence electrons. The Morgan fingerprint density at radius 1 is 1.35 bits per heavy atom. The van der Waals surface area contributed by atoms with Crippen LogP contribution >= 0.6 is 11.3 Å². The van der Waals surface area contributed by atoms with E-state index in [0.29, 0.717) is 27.8 Å². The lowest BCUT2D eigenvalue weighted by atomic mass is 9.96. The first-order valence-corrected chi connectivity index (χ1v) is 7.38. The largest absolute Gasteiger partial charge is 0.450 e. The highest BCUT2D eigenvalue weighted by Gasteiger charge is 2.27. The molecule has 3 nitrogen and oxygen atoms in total. The molecule has 1 fully saturated rings. The van der Waals surface area contributed by atoms with Gasteiger partial charge in [-0.2, -0.15) is 0 Å². The van der Waals surface area contributed by atoms with Crippen molar-refractivity contribution < 1.29 is 18.7 Å². The lowest BCUT2D eigenvalue weighted by molar-refractivity contribution is -0.129. The molecule has 0 saturated heterocycles. The number of carbonyl (C=O) groups excluding carboxylic acids is 2. The zero-order valence-electron chi connectivity index (χ0n) is 10.7. The molecule has 3 rings (SSSR count). The van der Waals surface area contributed by atoms with Crippen molar-refractivity contribution in [1.82, 2.24) is 0 Å². The molecular weight excluding hydrogens is 279 g/mol. The normalized spacial score (nSPS) is 19.2. The van der Waals surface area contributed by atoms with Gasteiger partial charge in [0, 0.05) is 16.5 Å². The quantitative estimate of drug-likeness (QED) is 0.792. The molecule has 0 aliphatic heterocycles. The van der Waals surface area contributed by atoms with Crippen molar-refractivity contribution in [3.05, 3.63) is 35.0 Å². The van der Waals surface area contributed by atoms with Gasteiger partial charge >= 0.3 is 5.97 Å². The summed E-state index contributed by atoms with van der Waals surface area (Å²) in [6.45, 7) is 0. The van der Waals surface area contributed by atoms with Crippen LogP contribution < -0.4 is 0 Å². The fourth-order valence-corrected chi connectivity index (χ4v) is 3.35. The standard InChI is InChI=1S/C15H13FO3S/c16-10-4-3-7-13-9(10)8-14(20-13)15(18)19-12-6-2-1-5-11(12)17/h3-4,7-8,12H,1-2,5-6H2/t12-/m0/s1. The molecular formula is C15H13FO3S. The Hall–Kier alpha value is -1.75. The van der Waals surface area contributed by atoms with Crippen LogP contribution in [0.25, 0.3) is 10.1 Å². The van der Waals surface area contributed by atoms with E-state index in [9.17, 15) is 14.0 Å². The minimum absolute atomic E-state index is 0.0168. The smallest absolute Gasteiger partial charge is 0.349 e. The maximum Gasteiger partial charge on any atom is 0.349 e. The molecule has 1 heterocycles. The van der Waals surface area contributed by atoms with Crippen LogP contribution in [0.2, 0.25) is 0 Å². The molecule has 0 N–H and O–H groups in total. The number of esters is 1. The van der Waals surface area contributed by atoms with Gasteiger partial charge in [0.15, 0.2) is 11.9 Å². The zero-order chi connectivity index (χ0) is 14.1. The first kappa shape index (κ1) is 13.2. The number of ether oxygens (including phenoxy) is 1. The summed E-state index contributed by atoms with van der Waals surface area (Å²) in [7, 11) is 0. The Labute approximate surface area is 119 Å². The summed E-state index contributed by atoms with van der Waals surface area (Å²) in [5.41, 5.74) is 0. The number of fused-ring (bicyclic) bond motifs is 1. The summed E-state index contributed by atoms with van der Waals surface area (Å²) in [5.74, 6) is -0.908. The van der Waals surface area contributed by atoms with Crippen LogP contribution in [0.1, 0.15) is 35.4 Å². The molecule has 1 atom stereocenters. The van der Waals surface area contributed by atoms with E-state index in [1.807, 2.05) is 0 Å². The average Bonchev–Trinajstić information content (AvgIpc) is 2.87. The first-order valence-electron chi connectivity index (χ1n) is 6.57. The zero-order valence-corrected chi connectivity index (χ0v) is 11.5. The lowest BCUT2D eigenvalue weighted by Crippen LogP contribution is -2.29. The van der Waals surface area contributed by atoms with E-state index in [2.05, 4.69) is 0 Å². The van der Waals surface area contributed by atoms with E-state index in [0.717, 1.165) is 12.8 Å². The third kappa shape index (κ3) is 2.45. The molecule has 5 heteroatoms. The summed E-state index contributed by atoms with van der Waals surface area (Å²) >= 11 is 1.18. The average molecular weight is 292 g/mol. The van der Waals surface area contributed by atoms with Crippen molar-refractivity contribution in [1.29, 1.82) is 0 Å². The Kier molecular flexibility index (Phi) is 3.53.